The Labute approximate surface area is 116 Å². The Balaban J connectivity index is 2.83. The fraction of sp³-hybridized carbons (Fsp3) is 0.412. The SMILES string of the molecule is C=CCNCC/C(=C/CCC)c1cc(O)ccc1C. The number of benzene rings is 1. The maximum atomic E-state index is 9.67. The summed E-state index contributed by atoms with van der Waals surface area (Å²) in [6, 6.07) is 5.58. The second-order valence-corrected chi connectivity index (χ2v) is 4.76. The van der Waals surface area contributed by atoms with Crippen LogP contribution >= 0.6 is 0 Å². The van der Waals surface area contributed by atoms with E-state index in [1.54, 1.807) is 6.07 Å². The van der Waals surface area contributed by atoms with Gasteiger partial charge in [0.15, 0.2) is 0 Å². The first-order valence-corrected chi connectivity index (χ1v) is 6.99. The minimum Gasteiger partial charge on any atom is -0.508 e. The lowest BCUT2D eigenvalue weighted by Crippen LogP contribution is -2.15. The van der Waals surface area contributed by atoms with Crippen LogP contribution in [0.25, 0.3) is 5.57 Å². The smallest absolute Gasteiger partial charge is 0.116 e. The molecule has 1 aromatic carbocycles. The van der Waals surface area contributed by atoms with Crippen molar-refractivity contribution in [1.29, 1.82) is 0 Å². The third kappa shape index (κ3) is 5.31. The molecule has 2 N–H and O–H groups in total. The number of unbranched alkanes of at least 4 members (excludes halogenated alkanes) is 1. The monoisotopic (exact) mass is 259 g/mol. The molecule has 0 saturated heterocycles. The van der Waals surface area contributed by atoms with Crippen LogP contribution in [0.4, 0.5) is 0 Å². The van der Waals surface area contributed by atoms with E-state index in [2.05, 4.69) is 31.8 Å². The van der Waals surface area contributed by atoms with Crippen molar-refractivity contribution in [3.63, 3.8) is 0 Å². The molecular formula is C17H25NO. The molecule has 0 saturated carbocycles. The van der Waals surface area contributed by atoms with Gasteiger partial charge in [-0.25, -0.2) is 0 Å². The Kier molecular flexibility index (Phi) is 6.98. The Morgan fingerprint density at radius 3 is 2.89 bits per heavy atom. The Morgan fingerprint density at radius 2 is 2.21 bits per heavy atom. The number of aromatic hydroxyl groups is 1. The average Bonchev–Trinajstić information content (AvgIpc) is 2.41. The quantitative estimate of drug-likeness (QED) is 0.545. The van der Waals surface area contributed by atoms with Gasteiger partial charge in [0.1, 0.15) is 5.75 Å². The van der Waals surface area contributed by atoms with Crippen LogP contribution in [0.3, 0.4) is 0 Å². The number of phenols is 1. The third-order valence-electron chi connectivity index (χ3n) is 3.11. The van der Waals surface area contributed by atoms with Crippen LogP contribution < -0.4 is 5.32 Å². The highest BCUT2D eigenvalue weighted by molar-refractivity contribution is 5.69. The number of rotatable bonds is 8. The van der Waals surface area contributed by atoms with Gasteiger partial charge in [0.05, 0.1) is 0 Å². The van der Waals surface area contributed by atoms with Gasteiger partial charge in [0, 0.05) is 6.54 Å². The zero-order valence-corrected chi connectivity index (χ0v) is 12.1. The zero-order chi connectivity index (χ0) is 14.1. The molecular weight excluding hydrogens is 234 g/mol. The molecule has 0 aliphatic heterocycles. The Bertz CT molecular complexity index is 435. The highest BCUT2D eigenvalue weighted by Gasteiger charge is 2.06. The number of nitrogens with one attached hydrogen (secondary N) is 1. The first kappa shape index (κ1) is 15.5. The molecule has 0 aliphatic rings. The normalized spacial score (nSPS) is 11.6. The van der Waals surface area contributed by atoms with E-state index in [-0.39, 0.29) is 0 Å². The second kappa shape index (κ2) is 8.54. The van der Waals surface area contributed by atoms with Crippen molar-refractivity contribution < 1.29 is 5.11 Å². The molecule has 0 amide bonds. The first-order chi connectivity index (χ1) is 9.19. The predicted octanol–water partition coefficient (Wildman–Crippen LogP) is 4.05. The van der Waals surface area contributed by atoms with Crippen LogP contribution in [0, 0.1) is 6.92 Å². The van der Waals surface area contributed by atoms with Gasteiger partial charge in [-0.1, -0.05) is 31.6 Å². The topological polar surface area (TPSA) is 32.3 Å². The molecule has 0 bridgehead atoms. The minimum absolute atomic E-state index is 0.335. The summed E-state index contributed by atoms with van der Waals surface area (Å²) >= 11 is 0. The number of allylic oxidation sites excluding steroid dienone is 1. The summed E-state index contributed by atoms with van der Waals surface area (Å²) in [7, 11) is 0. The maximum Gasteiger partial charge on any atom is 0.116 e. The fourth-order valence-corrected chi connectivity index (χ4v) is 2.05. The lowest BCUT2D eigenvalue weighted by Gasteiger charge is -2.12. The van der Waals surface area contributed by atoms with Crippen molar-refractivity contribution in [1.82, 2.24) is 5.32 Å². The van der Waals surface area contributed by atoms with E-state index in [4.69, 9.17) is 0 Å². The van der Waals surface area contributed by atoms with E-state index in [9.17, 15) is 5.11 Å². The van der Waals surface area contributed by atoms with E-state index in [1.165, 1.54) is 11.1 Å². The van der Waals surface area contributed by atoms with Crippen LogP contribution in [0.15, 0.2) is 36.9 Å². The summed E-state index contributed by atoms with van der Waals surface area (Å²) in [5, 5.41) is 13.0. The summed E-state index contributed by atoms with van der Waals surface area (Å²) in [5.74, 6) is 0.335. The summed E-state index contributed by atoms with van der Waals surface area (Å²) in [6.45, 7) is 9.73. The molecule has 0 aliphatic carbocycles. The van der Waals surface area contributed by atoms with Crippen LogP contribution in [-0.4, -0.2) is 18.2 Å². The van der Waals surface area contributed by atoms with Gasteiger partial charge in [-0.15, -0.1) is 6.58 Å². The molecule has 1 rings (SSSR count). The summed E-state index contributed by atoms with van der Waals surface area (Å²) in [4.78, 5) is 0. The molecule has 0 aromatic heterocycles. The zero-order valence-electron chi connectivity index (χ0n) is 12.1. The van der Waals surface area contributed by atoms with Gasteiger partial charge in [0.2, 0.25) is 0 Å². The van der Waals surface area contributed by atoms with E-state index in [0.717, 1.165) is 37.9 Å². The molecule has 2 nitrogen and oxygen atoms in total. The van der Waals surface area contributed by atoms with Crippen molar-refractivity contribution in [3.05, 3.63) is 48.1 Å². The Hall–Kier alpha value is -1.54. The molecule has 0 unspecified atom stereocenters. The summed E-state index contributed by atoms with van der Waals surface area (Å²) in [5.41, 5.74) is 3.68. The minimum atomic E-state index is 0.335. The Morgan fingerprint density at radius 1 is 1.42 bits per heavy atom. The van der Waals surface area contributed by atoms with E-state index in [1.807, 2.05) is 18.2 Å². The number of hydrogen-bond donors (Lipinski definition) is 2. The molecule has 0 heterocycles. The van der Waals surface area contributed by atoms with Crippen LogP contribution in [-0.2, 0) is 0 Å². The van der Waals surface area contributed by atoms with Gasteiger partial charge in [0.25, 0.3) is 0 Å². The van der Waals surface area contributed by atoms with E-state index < -0.39 is 0 Å². The third-order valence-corrected chi connectivity index (χ3v) is 3.11. The molecule has 19 heavy (non-hydrogen) atoms. The summed E-state index contributed by atoms with van der Waals surface area (Å²) < 4.78 is 0. The van der Waals surface area contributed by atoms with Gasteiger partial charge >= 0.3 is 0 Å². The summed E-state index contributed by atoms with van der Waals surface area (Å²) in [6.07, 6.45) is 7.35. The van der Waals surface area contributed by atoms with Gasteiger partial charge in [-0.05, 0) is 55.1 Å². The van der Waals surface area contributed by atoms with Crippen LogP contribution in [0.5, 0.6) is 5.75 Å². The van der Waals surface area contributed by atoms with E-state index >= 15 is 0 Å². The number of hydrogen-bond acceptors (Lipinski definition) is 2. The maximum absolute atomic E-state index is 9.67. The molecule has 0 spiro atoms. The number of phenolic OH excluding ortho intramolecular Hbond substituents is 1. The van der Waals surface area contributed by atoms with Crippen LogP contribution in [0.2, 0.25) is 0 Å². The van der Waals surface area contributed by atoms with E-state index in [0.29, 0.717) is 5.75 Å². The average molecular weight is 259 g/mol. The van der Waals surface area contributed by atoms with Crippen molar-refractivity contribution in [2.45, 2.75) is 33.1 Å². The highest BCUT2D eigenvalue weighted by atomic mass is 16.3. The highest BCUT2D eigenvalue weighted by Crippen LogP contribution is 2.26. The van der Waals surface area contributed by atoms with Crippen molar-refractivity contribution in [2.75, 3.05) is 13.1 Å². The van der Waals surface area contributed by atoms with Gasteiger partial charge in [-0.2, -0.15) is 0 Å². The molecule has 0 atom stereocenters. The molecule has 2 heteroatoms. The second-order valence-electron chi connectivity index (χ2n) is 4.76. The predicted molar refractivity (Wildman–Crippen MR) is 83.4 cm³/mol. The van der Waals surface area contributed by atoms with Crippen molar-refractivity contribution >= 4 is 5.57 Å². The number of aryl methyl sites for hydroxylation is 1. The molecule has 104 valence electrons. The molecule has 0 radical (unpaired) electrons. The molecule has 0 fully saturated rings. The standard InChI is InChI=1S/C17H25NO/c1-4-6-7-15(10-12-18-11-5-2)17-13-16(19)9-8-14(17)3/h5,7-9,13,18-19H,2,4,6,10-12H2,1,3H3/b15-7-. The van der Waals surface area contributed by atoms with Crippen LogP contribution in [0.1, 0.15) is 37.3 Å². The first-order valence-electron chi connectivity index (χ1n) is 6.99. The fourth-order valence-electron chi connectivity index (χ4n) is 2.05. The lowest BCUT2D eigenvalue weighted by molar-refractivity contribution is 0.475. The lowest BCUT2D eigenvalue weighted by atomic mass is 9.96. The molecule has 1 aromatic rings. The van der Waals surface area contributed by atoms with Gasteiger partial charge < -0.3 is 10.4 Å². The van der Waals surface area contributed by atoms with Crippen molar-refractivity contribution in [3.8, 4) is 5.75 Å². The van der Waals surface area contributed by atoms with Gasteiger partial charge in [-0.3, -0.25) is 0 Å². The van der Waals surface area contributed by atoms with Crippen molar-refractivity contribution in [2.24, 2.45) is 0 Å². The largest absolute Gasteiger partial charge is 0.508 e.